The Morgan fingerprint density at radius 2 is 1.95 bits per heavy atom. The molecule has 94 valence electrons. The topological polar surface area (TPSA) is 57.8 Å². The third-order valence-electron chi connectivity index (χ3n) is 2.80. The molecule has 4 nitrogen and oxygen atoms in total. The van der Waals surface area contributed by atoms with Gasteiger partial charge in [-0.2, -0.15) is 5.10 Å². The minimum Gasteiger partial charge on any atom is -0.322 e. The highest BCUT2D eigenvalue weighted by Crippen LogP contribution is 2.17. The van der Waals surface area contributed by atoms with Crippen LogP contribution in [0.25, 0.3) is 10.9 Å². The minimum absolute atomic E-state index is 0.112. The van der Waals surface area contributed by atoms with Crippen molar-refractivity contribution in [2.75, 3.05) is 5.32 Å². The van der Waals surface area contributed by atoms with Gasteiger partial charge in [-0.1, -0.05) is 0 Å². The van der Waals surface area contributed by atoms with Crippen molar-refractivity contribution in [2.45, 2.75) is 0 Å². The summed E-state index contributed by atoms with van der Waals surface area (Å²) in [6.07, 6.45) is 1.73. The molecule has 3 aromatic rings. The third-order valence-corrected chi connectivity index (χ3v) is 3.52. The molecule has 0 atom stereocenters. The zero-order valence-corrected chi connectivity index (χ0v) is 12.0. The first-order valence-electron chi connectivity index (χ1n) is 5.72. The Hall–Kier alpha value is -1.89. The third kappa shape index (κ3) is 2.60. The van der Waals surface area contributed by atoms with Gasteiger partial charge >= 0.3 is 0 Å². The van der Waals surface area contributed by atoms with Crippen LogP contribution in [0.5, 0.6) is 0 Å². The van der Waals surface area contributed by atoms with E-state index in [1.165, 1.54) is 0 Å². The van der Waals surface area contributed by atoms with Gasteiger partial charge in [-0.3, -0.25) is 9.89 Å². The number of nitrogens with zero attached hydrogens (tertiary/aromatic N) is 1. The Morgan fingerprint density at radius 3 is 2.74 bits per heavy atom. The lowest BCUT2D eigenvalue weighted by Crippen LogP contribution is -2.11. The molecule has 0 spiro atoms. The molecule has 1 heterocycles. The number of benzene rings is 2. The summed E-state index contributed by atoms with van der Waals surface area (Å²) >= 11 is 2.21. The van der Waals surface area contributed by atoms with Crippen molar-refractivity contribution in [1.82, 2.24) is 10.2 Å². The fraction of sp³-hybridized carbons (Fsp3) is 0. The van der Waals surface area contributed by atoms with Crippen molar-refractivity contribution in [1.29, 1.82) is 0 Å². The Labute approximate surface area is 123 Å². The molecule has 0 saturated carbocycles. The highest BCUT2D eigenvalue weighted by Gasteiger charge is 2.06. The van der Waals surface area contributed by atoms with E-state index in [4.69, 9.17) is 0 Å². The molecule has 2 N–H and O–H groups in total. The van der Waals surface area contributed by atoms with Gasteiger partial charge in [0.15, 0.2) is 0 Å². The summed E-state index contributed by atoms with van der Waals surface area (Å²) in [5, 5.41) is 10.7. The second kappa shape index (κ2) is 5.00. The van der Waals surface area contributed by atoms with Crippen LogP contribution in [0.3, 0.4) is 0 Å². The number of fused-ring (bicyclic) bond motifs is 1. The first kappa shape index (κ1) is 12.2. The quantitative estimate of drug-likeness (QED) is 0.686. The number of H-pyrrole nitrogens is 1. The van der Waals surface area contributed by atoms with Gasteiger partial charge in [-0.25, -0.2) is 0 Å². The minimum atomic E-state index is -0.112. The lowest BCUT2D eigenvalue weighted by Gasteiger charge is -2.05. The standard InChI is InChI=1S/C14H10IN3O/c15-11-3-1-9(2-4-11)14(19)17-12-5-6-13-10(7-12)8-16-18-13/h1-8H,(H,16,18)(H,17,19). The molecule has 1 aromatic heterocycles. The van der Waals surface area contributed by atoms with Crippen molar-refractivity contribution in [2.24, 2.45) is 0 Å². The van der Waals surface area contributed by atoms with E-state index >= 15 is 0 Å². The van der Waals surface area contributed by atoms with Gasteiger partial charge < -0.3 is 5.32 Å². The molecule has 5 heteroatoms. The highest BCUT2D eigenvalue weighted by molar-refractivity contribution is 14.1. The Kier molecular flexibility index (Phi) is 3.20. The maximum absolute atomic E-state index is 12.1. The van der Waals surface area contributed by atoms with Crippen LogP contribution in [-0.4, -0.2) is 16.1 Å². The number of nitrogens with one attached hydrogen (secondary N) is 2. The summed E-state index contributed by atoms with van der Waals surface area (Å²) < 4.78 is 1.11. The molecule has 0 aliphatic carbocycles. The zero-order chi connectivity index (χ0) is 13.2. The number of hydrogen-bond acceptors (Lipinski definition) is 2. The smallest absolute Gasteiger partial charge is 0.255 e. The van der Waals surface area contributed by atoms with Crippen LogP contribution < -0.4 is 5.32 Å². The van der Waals surface area contributed by atoms with Gasteiger partial charge in [0.25, 0.3) is 5.91 Å². The van der Waals surface area contributed by atoms with Gasteiger partial charge in [0.2, 0.25) is 0 Å². The van der Waals surface area contributed by atoms with E-state index in [9.17, 15) is 4.79 Å². The van der Waals surface area contributed by atoms with Crippen molar-refractivity contribution < 1.29 is 4.79 Å². The molecular weight excluding hydrogens is 353 g/mol. The van der Waals surface area contributed by atoms with E-state index in [-0.39, 0.29) is 5.91 Å². The van der Waals surface area contributed by atoms with Gasteiger partial charge in [-0.15, -0.1) is 0 Å². The Bertz CT molecular complexity index is 734. The van der Waals surface area contributed by atoms with E-state index in [0.29, 0.717) is 5.56 Å². The van der Waals surface area contributed by atoms with Crippen molar-refractivity contribution in [3.05, 3.63) is 57.8 Å². The highest BCUT2D eigenvalue weighted by atomic mass is 127. The lowest BCUT2D eigenvalue weighted by molar-refractivity contribution is 0.102. The molecule has 2 aromatic carbocycles. The van der Waals surface area contributed by atoms with Crippen molar-refractivity contribution in [3.63, 3.8) is 0 Å². The molecular formula is C14H10IN3O. The number of aromatic nitrogens is 2. The fourth-order valence-electron chi connectivity index (χ4n) is 1.82. The van der Waals surface area contributed by atoms with Crippen LogP contribution in [0, 0.1) is 3.57 Å². The summed E-state index contributed by atoms with van der Waals surface area (Å²) in [7, 11) is 0. The fourth-order valence-corrected chi connectivity index (χ4v) is 2.18. The van der Waals surface area contributed by atoms with Crippen molar-refractivity contribution in [3.8, 4) is 0 Å². The largest absolute Gasteiger partial charge is 0.322 e. The summed E-state index contributed by atoms with van der Waals surface area (Å²) in [4.78, 5) is 12.1. The SMILES string of the molecule is O=C(Nc1ccc2[nH]ncc2c1)c1ccc(I)cc1. The van der Waals surface area contributed by atoms with E-state index in [0.717, 1.165) is 20.2 Å². The maximum Gasteiger partial charge on any atom is 0.255 e. The summed E-state index contributed by atoms with van der Waals surface area (Å²) in [6, 6.07) is 13.1. The number of rotatable bonds is 2. The average molecular weight is 363 g/mol. The molecule has 0 aliphatic rings. The maximum atomic E-state index is 12.1. The van der Waals surface area contributed by atoms with Crippen LogP contribution in [0.2, 0.25) is 0 Å². The summed E-state index contributed by atoms with van der Waals surface area (Å²) in [6.45, 7) is 0. The number of amides is 1. The predicted molar refractivity (Wildman–Crippen MR) is 83.2 cm³/mol. The second-order valence-electron chi connectivity index (χ2n) is 4.13. The van der Waals surface area contributed by atoms with E-state index in [1.54, 1.807) is 6.20 Å². The normalized spacial score (nSPS) is 10.6. The molecule has 0 radical (unpaired) electrons. The molecule has 0 fully saturated rings. The van der Waals surface area contributed by atoms with E-state index < -0.39 is 0 Å². The number of hydrogen-bond donors (Lipinski definition) is 2. The number of halogens is 1. The molecule has 3 rings (SSSR count). The zero-order valence-electron chi connectivity index (χ0n) is 9.85. The van der Waals surface area contributed by atoms with Gasteiger partial charge in [0.1, 0.15) is 0 Å². The van der Waals surface area contributed by atoms with Crippen LogP contribution in [-0.2, 0) is 0 Å². The van der Waals surface area contributed by atoms with Crippen LogP contribution >= 0.6 is 22.6 Å². The first-order valence-corrected chi connectivity index (χ1v) is 6.80. The average Bonchev–Trinajstić information content (AvgIpc) is 2.87. The van der Waals surface area contributed by atoms with E-state index in [2.05, 4.69) is 38.1 Å². The van der Waals surface area contributed by atoms with Gasteiger partial charge in [0.05, 0.1) is 11.7 Å². The number of carbonyl (C=O) groups is 1. The monoisotopic (exact) mass is 363 g/mol. The van der Waals surface area contributed by atoms with Crippen LogP contribution in [0.1, 0.15) is 10.4 Å². The van der Waals surface area contributed by atoms with Gasteiger partial charge in [-0.05, 0) is 65.1 Å². The Morgan fingerprint density at radius 1 is 1.16 bits per heavy atom. The second-order valence-corrected chi connectivity index (χ2v) is 5.38. The Balaban J connectivity index is 1.83. The molecule has 0 saturated heterocycles. The summed E-state index contributed by atoms with van der Waals surface area (Å²) in [5.74, 6) is -0.112. The predicted octanol–water partition coefficient (Wildman–Crippen LogP) is 3.42. The lowest BCUT2D eigenvalue weighted by atomic mass is 10.2. The van der Waals surface area contributed by atoms with E-state index in [1.807, 2.05) is 42.5 Å². The molecule has 0 aliphatic heterocycles. The summed E-state index contributed by atoms with van der Waals surface area (Å²) in [5.41, 5.74) is 2.36. The molecule has 0 bridgehead atoms. The molecule has 19 heavy (non-hydrogen) atoms. The first-order chi connectivity index (χ1) is 9.22. The molecule has 0 unspecified atom stereocenters. The van der Waals surface area contributed by atoms with Crippen LogP contribution in [0.4, 0.5) is 5.69 Å². The number of aromatic amines is 1. The van der Waals surface area contributed by atoms with Gasteiger partial charge in [0, 0.05) is 20.2 Å². The van der Waals surface area contributed by atoms with Crippen LogP contribution in [0.15, 0.2) is 48.7 Å². The number of anilines is 1. The van der Waals surface area contributed by atoms with Crippen molar-refractivity contribution >= 4 is 45.1 Å². The molecule has 1 amide bonds. The number of carbonyl (C=O) groups excluding carboxylic acids is 1.